The summed E-state index contributed by atoms with van der Waals surface area (Å²) in [5.41, 5.74) is 2.18. The van der Waals surface area contributed by atoms with Crippen LogP contribution in [-0.2, 0) is 9.53 Å². The molecule has 0 aromatic heterocycles. The van der Waals surface area contributed by atoms with E-state index in [2.05, 4.69) is 12.2 Å². The monoisotopic (exact) mass is 319 g/mol. The van der Waals surface area contributed by atoms with Crippen molar-refractivity contribution in [3.05, 3.63) is 23.3 Å². The Hall–Kier alpha value is -1.55. The second-order valence-corrected chi connectivity index (χ2v) is 6.73. The predicted molar refractivity (Wildman–Crippen MR) is 93.1 cm³/mol. The number of amides is 1. The molecular weight excluding hydrogens is 290 g/mol. The maximum Gasteiger partial charge on any atom is 0.256 e. The summed E-state index contributed by atoms with van der Waals surface area (Å²) >= 11 is 0. The molecule has 0 radical (unpaired) electrons. The van der Waals surface area contributed by atoms with Crippen LogP contribution >= 0.6 is 0 Å². The highest BCUT2D eigenvalue weighted by molar-refractivity contribution is 5.97. The summed E-state index contributed by atoms with van der Waals surface area (Å²) in [7, 11) is 1.65. The molecular formula is C19H29NO3. The van der Waals surface area contributed by atoms with Gasteiger partial charge in [0.1, 0.15) is 11.4 Å². The Labute approximate surface area is 139 Å². The number of hydrogen-bond acceptors (Lipinski definition) is 3. The van der Waals surface area contributed by atoms with E-state index in [9.17, 15) is 4.79 Å². The molecule has 1 N–H and O–H groups in total. The topological polar surface area (TPSA) is 47.6 Å². The molecule has 1 aromatic rings. The maximum absolute atomic E-state index is 12.8. The molecule has 4 heteroatoms. The van der Waals surface area contributed by atoms with Gasteiger partial charge in [-0.05, 0) is 69.2 Å². The molecule has 4 nitrogen and oxygen atoms in total. The minimum atomic E-state index is -0.696. The van der Waals surface area contributed by atoms with E-state index in [1.54, 1.807) is 7.11 Å². The van der Waals surface area contributed by atoms with E-state index in [0.29, 0.717) is 12.5 Å². The molecule has 1 amide bonds. The molecule has 128 valence electrons. The third kappa shape index (κ3) is 3.86. The van der Waals surface area contributed by atoms with Gasteiger partial charge in [0.05, 0.1) is 6.61 Å². The fourth-order valence-electron chi connectivity index (χ4n) is 3.63. The molecule has 1 saturated carbocycles. The number of aryl methyl sites for hydroxylation is 2. The van der Waals surface area contributed by atoms with Crippen molar-refractivity contribution < 1.29 is 14.3 Å². The lowest BCUT2D eigenvalue weighted by Crippen LogP contribution is -2.47. The van der Waals surface area contributed by atoms with Crippen LogP contribution in [0.5, 0.6) is 5.75 Å². The number of ether oxygens (including phenoxy) is 2. The second-order valence-electron chi connectivity index (χ2n) is 6.73. The summed E-state index contributed by atoms with van der Waals surface area (Å²) in [6.45, 7) is 8.80. The van der Waals surface area contributed by atoms with Crippen molar-refractivity contribution in [2.45, 2.75) is 59.0 Å². The summed E-state index contributed by atoms with van der Waals surface area (Å²) in [5, 5.41) is 3.06. The van der Waals surface area contributed by atoms with Gasteiger partial charge in [-0.15, -0.1) is 0 Å². The van der Waals surface area contributed by atoms with Crippen LogP contribution < -0.4 is 10.1 Å². The SMILES string of the molecule is CCOc1c(C)cc(NC(=O)[C@@]2(OC)CCC[C@H](C)C2)cc1C. The van der Waals surface area contributed by atoms with Crippen molar-refractivity contribution in [3.8, 4) is 5.75 Å². The summed E-state index contributed by atoms with van der Waals surface area (Å²) in [6.07, 6.45) is 3.77. The van der Waals surface area contributed by atoms with E-state index >= 15 is 0 Å². The predicted octanol–water partition coefficient (Wildman–Crippen LogP) is 4.24. The number of rotatable bonds is 5. The number of anilines is 1. The fourth-order valence-corrected chi connectivity index (χ4v) is 3.63. The van der Waals surface area contributed by atoms with Crippen molar-refractivity contribution in [1.29, 1.82) is 0 Å². The zero-order valence-electron chi connectivity index (χ0n) is 15.0. The lowest BCUT2D eigenvalue weighted by Gasteiger charge is -2.37. The molecule has 1 aliphatic rings. The smallest absolute Gasteiger partial charge is 0.256 e. The Morgan fingerprint density at radius 3 is 2.52 bits per heavy atom. The van der Waals surface area contributed by atoms with Crippen molar-refractivity contribution >= 4 is 11.6 Å². The first-order valence-corrected chi connectivity index (χ1v) is 8.52. The number of carbonyl (C=O) groups excluding carboxylic acids is 1. The number of hydrogen-bond donors (Lipinski definition) is 1. The minimum absolute atomic E-state index is 0.0329. The molecule has 0 aliphatic heterocycles. The van der Waals surface area contributed by atoms with Gasteiger partial charge in [-0.2, -0.15) is 0 Å². The van der Waals surface area contributed by atoms with E-state index in [4.69, 9.17) is 9.47 Å². The maximum atomic E-state index is 12.8. The van der Waals surface area contributed by atoms with Crippen molar-refractivity contribution in [3.63, 3.8) is 0 Å². The van der Waals surface area contributed by atoms with Crippen LogP contribution in [-0.4, -0.2) is 25.2 Å². The Balaban J connectivity index is 2.19. The lowest BCUT2D eigenvalue weighted by atomic mass is 9.78. The van der Waals surface area contributed by atoms with Gasteiger partial charge in [0, 0.05) is 12.8 Å². The van der Waals surface area contributed by atoms with E-state index in [0.717, 1.165) is 41.8 Å². The van der Waals surface area contributed by atoms with Gasteiger partial charge >= 0.3 is 0 Å². The average Bonchev–Trinajstić information content (AvgIpc) is 2.50. The quantitative estimate of drug-likeness (QED) is 0.883. The fraction of sp³-hybridized carbons (Fsp3) is 0.632. The van der Waals surface area contributed by atoms with E-state index in [1.807, 2.05) is 32.9 Å². The zero-order chi connectivity index (χ0) is 17.0. The van der Waals surface area contributed by atoms with Gasteiger partial charge in [-0.3, -0.25) is 4.79 Å². The van der Waals surface area contributed by atoms with E-state index < -0.39 is 5.60 Å². The van der Waals surface area contributed by atoms with Crippen molar-refractivity contribution in [2.75, 3.05) is 19.0 Å². The van der Waals surface area contributed by atoms with Crippen LogP contribution in [0, 0.1) is 19.8 Å². The Bertz CT molecular complexity index is 547. The first kappa shape index (κ1) is 17.8. The van der Waals surface area contributed by atoms with Crippen molar-refractivity contribution in [2.24, 2.45) is 5.92 Å². The number of benzene rings is 1. The molecule has 0 bridgehead atoms. The second kappa shape index (κ2) is 7.35. The highest BCUT2D eigenvalue weighted by Crippen LogP contribution is 2.36. The van der Waals surface area contributed by atoms with Crippen LogP contribution in [0.4, 0.5) is 5.69 Å². The Kier molecular flexibility index (Phi) is 5.69. The average molecular weight is 319 g/mol. The van der Waals surface area contributed by atoms with Crippen LogP contribution in [0.15, 0.2) is 12.1 Å². The highest BCUT2D eigenvalue weighted by Gasteiger charge is 2.42. The van der Waals surface area contributed by atoms with Crippen LogP contribution in [0.3, 0.4) is 0 Å². The molecule has 23 heavy (non-hydrogen) atoms. The minimum Gasteiger partial charge on any atom is -0.493 e. The number of methoxy groups -OCH3 is 1. The first-order valence-electron chi connectivity index (χ1n) is 8.52. The molecule has 0 heterocycles. The summed E-state index contributed by atoms with van der Waals surface area (Å²) in [4.78, 5) is 12.8. The third-order valence-corrected chi connectivity index (χ3v) is 4.77. The summed E-state index contributed by atoms with van der Waals surface area (Å²) < 4.78 is 11.3. The molecule has 0 spiro atoms. The van der Waals surface area contributed by atoms with Crippen LogP contribution in [0.2, 0.25) is 0 Å². The molecule has 1 fully saturated rings. The van der Waals surface area contributed by atoms with Gasteiger partial charge in [0.2, 0.25) is 0 Å². The van der Waals surface area contributed by atoms with Gasteiger partial charge in [-0.25, -0.2) is 0 Å². The Morgan fingerprint density at radius 2 is 2.00 bits per heavy atom. The van der Waals surface area contributed by atoms with Gasteiger partial charge < -0.3 is 14.8 Å². The summed E-state index contributed by atoms with van der Waals surface area (Å²) in [6, 6.07) is 3.93. The largest absolute Gasteiger partial charge is 0.493 e. The van der Waals surface area contributed by atoms with Crippen LogP contribution in [0.1, 0.15) is 50.7 Å². The van der Waals surface area contributed by atoms with Gasteiger partial charge in [-0.1, -0.05) is 13.3 Å². The lowest BCUT2D eigenvalue weighted by molar-refractivity contribution is -0.143. The van der Waals surface area contributed by atoms with Gasteiger partial charge in [0.25, 0.3) is 5.91 Å². The van der Waals surface area contributed by atoms with Crippen molar-refractivity contribution in [1.82, 2.24) is 0 Å². The Morgan fingerprint density at radius 1 is 1.35 bits per heavy atom. The molecule has 2 atom stereocenters. The van der Waals surface area contributed by atoms with Crippen LogP contribution in [0.25, 0.3) is 0 Å². The standard InChI is InChI=1S/C19H29NO3/c1-6-23-17-14(3)10-16(11-15(17)4)20-18(21)19(22-5)9-7-8-13(2)12-19/h10-11,13H,6-9,12H2,1-5H3,(H,20,21)/t13-,19+/m0/s1. The molecule has 1 aliphatic carbocycles. The number of nitrogens with one attached hydrogen (secondary N) is 1. The highest BCUT2D eigenvalue weighted by atomic mass is 16.5. The van der Waals surface area contributed by atoms with E-state index in [1.165, 1.54) is 6.42 Å². The third-order valence-electron chi connectivity index (χ3n) is 4.77. The van der Waals surface area contributed by atoms with Gasteiger partial charge in [0.15, 0.2) is 0 Å². The number of carbonyl (C=O) groups is 1. The first-order chi connectivity index (χ1) is 10.9. The molecule has 0 saturated heterocycles. The summed E-state index contributed by atoms with van der Waals surface area (Å²) in [5.74, 6) is 1.38. The molecule has 1 aromatic carbocycles. The molecule has 2 rings (SSSR count). The molecule has 0 unspecified atom stereocenters. The normalized spacial score (nSPS) is 24.3. The zero-order valence-corrected chi connectivity index (χ0v) is 15.0. The van der Waals surface area contributed by atoms with E-state index in [-0.39, 0.29) is 5.91 Å².